The van der Waals surface area contributed by atoms with Crippen LogP contribution in [0.2, 0.25) is 5.02 Å². The zero-order valence-corrected chi connectivity index (χ0v) is 16.3. The van der Waals surface area contributed by atoms with E-state index in [1.807, 2.05) is 10.0 Å². The number of carbonyl (C=O) groups excluding carboxylic acids is 2. The van der Waals surface area contributed by atoms with E-state index in [4.69, 9.17) is 11.6 Å². The number of fused-ring (bicyclic) bond motifs is 3. The van der Waals surface area contributed by atoms with E-state index in [1.54, 1.807) is 12.1 Å². The lowest BCUT2D eigenvalue weighted by Crippen LogP contribution is -2.44. The summed E-state index contributed by atoms with van der Waals surface area (Å²) in [7, 11) is 0. The number of rotatable bonds is 3. The Labute approximate surface area is 175 Å². The predicted molar refractivity (Wildman–Crippen MR) is 105 cm³/mol. The smallest absolute Gasteiger partial charge is 0.274 e. The van der Waals surface area contributed by atoms with Gasteiger partial charge in [-0.05, 0) is 36.2 Å². The van der Waals surface area contributed by atoms with Crippen molar-refractivity contribution < 1.29 is 18.9 Å². The van der Waals surface area contributed by atoms with E-state index < -0.39 is 34.7 Å². The maximum Gasteiger partial charge on any atom is 0.289 e. The second kappa shape index (κ2) is 6.83. The SMILES string of the molecule is O=C1[C@H]2[C@@H](C(=O)N1c1ccc(Cl)c([N+](=O)[O-])c1)N1CCCN1[C@@H]2c1ccc(F)cc1. The van der Waals surface area contributed by atoms with Gasteiger partial charge in [0.05, 0.1) is 22.6 Å². The van der Waals surface area contributed by atoms with Crippen molar-refractivity contribution in [2.24, 2.45) is 5.92 Å². The average molecular weight is 431 g/mol. The normalized spacial score (nSPS) is 26.3. The van der Waals surface area contributed by atoms with Crippen LogP contribution in [0.4, 0.5) is 15.8 Å². The molecule has 3 aliphatic heterocycles. The molecular formula is C20H16ClFN4O4. The highest BCUT2D eigenvalue weighted by molar-refractivity contribution is 6.33. The first kappa shape index (κ1) is 19.1. The van der Waals surface area contributed by atoms with Gasteiger partial charge in [0.25, 0.3) is 11.6 Å². The molecule has 2 amide bonds. The molecule has 154 valence electrons. The average Bonchev–Trinajstić information content (AvgIpc) is 3.36. The van der Waals surface area contributed by atoms with E-state index in [0.29, 0.717) is 13.1 Å². The highest BCUT2D eigenvalue weighted by atomic mass is 35.5. The molecule has 0 bridgehead atoms. The molecule has 8 nitrogen and oxygen atoms in total. The van der Waals surface area contributed by atoms with E-state index in [0.717, 1.165) is 23.0 Å². The summed E-state index contributed by atoms with van der Waals surface area (Å²) in [6.07, 6.45) is 0.842. The highest BCUT2D eigenvalue weighted by Crippen LogP contribution is 2.49. The summed E-state index contributed by atoms with van der Waals surface area (Å²) < 4.78 is 13.4. The Morgan fingerprint density at radius 1 is 1.00 bits per heavy atom. The van der Waals surface area contributed by atoms with Crippen LogP contribution >= 0.6 is 11.6 Å². The van der Waals surface area contributed by atoms with Crippen molar-refractivity contribution >= 4 is 34.8 Å². The summed E-state index contributed by atoms with van der Waals surface area (Å²) in [5, 5.41) is 15.1. The van der Waals surface area contributed by atoms with Crippen LogP contribution in [0.5, 0.6) is 0 Å². The van der Waals surface area contributed by atoms with Crippen molar-refractivity contribution in [1.29, 1.82) is 0 Å². The summed E-state index contributed by atoms with van der Waals surface area (Å²) in [4.78, 5) is 38.3. The summed E-state index contributed by atoms with van der Waals surface area (Å²) in [6.45, 7) is 1.33. The van der Waals surface area contributed by atoms with Crippen molar-refractivity contribution in [3.05, 3.63) is 69.0 Å². The highest BCUT2D eigenvalue weighted by Gasteiger charge is 2.62. The molecule has 3 saturated heterocycles. The zero-order valence-electron chi connectivity index (χ0n) is 15.6. The van der Waals surface area contributed by atoms with Gasteiger partial charge >= 0.3 is 0 Å². The van der Waals surface area contributed by atoms with Crippen LogP contribution in [0.15, 0.2) is 42.5 Å². The monoisotopic (exact) mass is 430 g/mol. The first-order valence-corrected chi connectivity index (χ1v) is 9.86. The number of amides is 2. The summed E-state index contributed by atoms with van der Waals surface area (Å²) in [5.74, 6) is -1.91. The summed E-state index contributed by atoms with van der Waals surface area (Å²) in [5.41, 5.74) is 0.504. The molecule has 5 rings (SSSR count). The van der Waals surface area contributed by atoms with Crippen molar-refractivity contribution in [3.8, 4) is 0 Å². The number of hydrogen-bond acceptors (Lipinski definition) is 6. The van der Waals surface area contributed by atoms with Gasteiger partial charge in [-0.3, -0.25) is 19.7 Å². The first-order valence-electron chi connectivity index (χ1n) is 9.49. The molecule has 0 radical (unpaired) electrons. The van der Waals surface area contributed by atoms with Gasteiger partial charge in [0.2, 0.25) is 5.91 Å². The number of anilines is 1. The molecule has 0 aliphatic carbocycles. The Bertz CT molecular complexity index is 1080. The number of benzene rings is 2. The fourth-order valence-corrected chi connectivity index (χ4v) is 4.99. The molecule has 3 heterocycles. The lowest BCUT2D eigenvalue weighted by Gasteiger charge is -2.29. The van der Waals surface area contributed by atoms with Gasteiger partial charge in [-0.1, -0.05) is 23.7 Å². The van der Waals surface area contributed by atoms with Crippen molar-refractivity contribution in [1.82, 2.24) is 10.0 Å². The standard InChI is InChI=1S/C20H16ClFN4O4/c21-14-7-6-13(10-15(14)26(29)30)25-19(27)16-17(11-2-4-12(22)5-3-11)23-8-1-9-24(23)18(16)20(25)28/h2-7,10,16-18H,1,8-9H2/t16-,17-,18+/m1/s1. The Morgan fingerprint density at radius 2 is 1.67 bits per heavy atom. The van der Waals surface area contributed by atoms with E-state index in [-0.39, 0.29) is 22.2 Å². The Morgan fingerprint density at radius 3 is 2.33 bits per heavy atom. The summed E-state index contributed by atoms with van der Waals surface area (Å²) in [6, 6.07) is 8.73. The fourth-order valence-electron chi connectivity index (χ4n) is 4.81. The van der Waals surface area contributed by atoms with E-state index >= 15 is 0 Å². The Kier molecular flexibility index (Phi) is 4.35. The molecule has 0 aromatic heterocycles. The number of nitro groups is 1. The first-order chi connectivity index (χ1) is 14.4. The molecule has 0 N–H and O–H groups in total. The maximum absolute atomic E-state index is 13.4. The van der Waals surface area contributed by atoms with Crippen molar-refractivity contribution in [2.75, 3.05) is 18.0 Å². The molecule has 0 unspecified atom stereocenters. The largest absolute Gasteiger partial charge is 0.289 e. The molecule has 0 saturated carbocycles. The third-order valence-electron chi connectivity index (χ3n) is 6.00. The minimum Gasteiger partial charge on any atom is -0.274 e. The van der Waals surface area contributed by atoms with Gasteiger partial charge in [-0.2, -0.15) is 0 Å². The number of hydrazine groups is 1. The van der Waals surface area contributed by atoms with Gasteiger partial charge in [-0.15, -0.1) is 0 Å². The van der Waals surface area contributed by atoms with Gasteiger partial charge in [-0.25, -0.2) is 19.3 Å². The van der Waals surface area contributed by atoms with Crippen LogP contribution in [-0.4, -0.2) is 45.9 Å². The Balaban J connectivity index is 1.58. The number of nitro benzene ring substituents is 1. The third-order valence-corrected chi connectivity index (χ3v) is 6.32. The second-order valence-corrected chi connectivity index (χ2v) is 7.96. The number of hydrogen-bond donors (Lipinski definition) is 0. The van der Waals surface area contributed by atoms with E-state index in [1.165, 1.54) is 24.3 Å². The molecule has 3 aliphatic rings. The molecule has 30 heavy (non-hydrogen) atoms. The molecule has 3 atom stereocenters. The number of imide groups is 1. The molecule has 3 fully saturated rings. The number of nitrogens with zero attached hydrogens (tertiary/aromatic N) is 4. The topological polar surface area (TPSA) is 87.0 Å². The predicted octanol–water partition coefficient (Wildman–Crippen LogP) is 2.92. The third kappa shape index (κ3) is 2.66. The van der Waals surface area contributed by atoms with Crippen LogP contribution in [0.3, 0.4) is 0 Å². The Hall–Kier alpha value is -2.88. The maximum atomic E-state index is 13.4. The van der Waals surface area contributed by atoms with Crippen LogP contribution in [0.1, 0.15) is 18.0 Å². The molecular weight excluding hydrogens is 415 g/mol. The van der Waals surface area contributed by atoms with Gasteiger partial charge in [0, 0.05) is 19.2 Å². The van der Waals surface area contributed by atoms with E-state index in [2.05, 4.69) is 0 Å². The van der Waals surface area contributed by atoms with Gasteiger partial charge < -0.3 is 0 Å². The molecule has 2 aromatic carbocycles. The fraction of sp³-hybridized carbons (Fsp3) is 0.300. The minimum absolute atomic E-state index is 0.0713. The molecule has 0 spiro atoms. The van der Waals surface area contributed by atoms with Crippen molar-refractivity contribution in [3.63, 3.8) is 0 Å². The lowest BCUT2D eigenvalue weighted by atomic mass is 9.90. The number of halogens is 2. The van der Waals surface area contributed by atoms with Crippen LogP contribution < -0.4 is 4.90 Å². The lowest BCUT2D eigenvalue weighted by molar-refractivity contribution is -0.384. The van der Waals surface area contributed by atoms with E-state index in [9.17, 15) is 24.1 Å². The van der Waals surface area contributed by atoms with Crippen LogP contribution in [0.25, 0.3) is 0 Å². The van der Waals surface area contributed by atoms with Crippen LogP contribution in [-0.2, 0) is 9.59 Å². The minimum atomic E-state index is -0.690. The zero-order chi connectivity index (χ0) is 21.2. The van der Waals surface area contributed by atoms with Crippen molar-refractivity contribution in [2.45, 2.75) is 18.5 Å². The summed E-state index contributed by atoms with van der Waals surface area (Å²) >= 11 is 5.88. The quantitative estimate of drug-likeness (QED) is 0.423. The van der Waals surface area contributed by atoms with Gasteiger partial charge in [0.1, 0.15) is 16.9 Å². The molecule has 10 heteroatoms. The molecule has 2 aromatic rings. The second-order valence-electron chi connectivity index (χ2n) is 7.55. The van der Waals surface area contributed by atoms with Crippen LogP contribution in [0, 0.1) is 21.8 Å². The number of carbonyl (C=O) groups is 2. The van der Waals surface area contributed by atoms with Gasteiger partial charge in [0.15, 0.2) is 0 Å².